The fraction of sp³-hybridized carbons (Fsp3) is 0.300. The second-order valence-corrected chi connectivity index (χ2v) is 7.73. The van der Waals surface area contributed by atoms with Crippen molar-refractivity contribution in [3.63, 3.8) is 0 Å². The minimum atomic E-state index is -0.0751. The summed E-state index contributed by atoms with van der Waals surface area (Å²) in [4.78, 5) is 19.5. The largest absolute Gasteiger partial charge is 0.322 e. The second-order valence-electron chi connectivity index (χ2n) is 6.85. The number of benzene rings is 2. The average Bonchev–Trinajstić information content (AvgIpc) is 3.30. The minimum absolute atomic E-state index is 0. The molecule has 1 N–H and O–H groups in total. The SMILES string of the molecule is Cl.O=C(Nc1ccc2c(c1)C1CCCN1CC2)c1ccc2scnc2c1. The van der Waals surface area contributed by atoms with Crippen molar-refractivity contribution in [2.24, 2.45) is 0 Å². The number of hydrogen-bond donors (Lipinski definition) is 1. The molecule has 26 heavy (non-hydrogen) atoms. The van der Waals surface area contributed by atoms with Gasteiger partial charge in [0, 0.05) is 23.8 Å². The van der Waals surface area contributed by atoms with Gasteiger partial charge in [-0.15, -0.1) is 23.7 Å². The van der Waals surface area contributed by atoms with Crippen molar-refractivity contribution in [2.75, 3.05) is 18.4 Å². The first kappa shape index (κ1) is 17.5. The molecule has 0 bridgehead atoms. The van der Waals surface area contributed by atoms with Crippen LogP contribution in [0.5, 0.6) is 0 Å². The number of amides is 1. The Kier molecular flexibility index (Phi) is 4.69. The van der Waals surface area contributed by atoms with Crippen molar-refractivity contribution in [1.29, 1.82) is 0 Å². The summed E-state index contributed by atoms with van der Waals surface area (Å²) in [6.07, 6.45) is 3.61. The van der Waals surface area contributed by atoms with E-state index in [1.165, 1.54) is 30.5 Å². The molecule has 2 aliphatic rings. The van der Waals surface area contributed by atoms with Crippen LogP contribution in [0.1, 0.15) is 40.4 Å². The number of aromatic nitrogens is 1. The van der Waals surface area contributed by atoms with Gasteiger partial charge in [0.2, 0.25) is 0 Å². The first-order valence-electron chi connectivity index (χ1n) is 8.79. The van der Waals surface area contributed by atoms with E-state index in [1.807, 2.05) is 29.8 Å². The maximum Gasteiger partial charge on any atom is 0.255 e. The highest BCUT2D eigenvalue weighted by Gasteiger charge is 2.31. The number of nitrogens with zero attached hydrogens (tertiary/aromatic N) is 2. The van der Waals surface area contributed by atoms with Gasteiger partial charge in [0.25, 0.3) is 5.91 Å². The zero-order valence-electron chi connectivity index (χ0n) is 14.3. The lowest BCUT2D eigenvalue weighted by molar-refractivity contribution is 0.102. The molecule has 1 fully saturated rings. The zero-order valence-corrected chi connectivity index (χ0v) is 15.9. The number of nitrogens with one attached hydrogen (secondary N) is 1. The van der Waals surface area contributed by atoms with Gasteiger partial charge in [-0.3, -0.25) is 9.69 Å². The van der Waals surface area contributed by atoms with E-state index in [0.29, 0.717) is 11.6 Å². The molecule has 3 heterocycles. The van der Waals surface area contributed by atoms with E-state index in [1.54, 1.807) is 11.3 Å². The van der Waals surface area contributed by atoms with Gasteiger partial charge in [-0.05, 0) is 67.3 Å². The van der Waals surface area contributed by atoms with Crippen LogP contribution in [0.25, 0.3) is 10.2 Å². The normalized spacial score (nSPS) is 18.8. The molecule has 1 amide bonds. The molecule has 1 atom stereocenters. The van der Waals surface area contributed by atoms with Crippen molar-refractivity contribution in [3.8, 4) is 0 Å². The zero-order chi connectivity index (χ0) is 16.8. The van der Waals surface area contributed by atoms with Crippen LogP contribution >= 0.6 is 23.7 Å². The van der Waals surface area contributed by atoms with E-state index in [0.717, 1.165) is 28.9 Å². The first-order chi connectivity index (χ1) is 12.3. The summed E-state index contributed by atoms with van der Waals surface area (Å²) < 4.78 is 1.10. The number of hydrogen-bond acceptors (Lipinski definition) is 4. The topological polar surface area (TPSA) is 45.2 Å². The molecule has 0 spiro atoms. The van der Waals surface area contributed by atoms with Crippen LogP contribution < -0.4 is 5.32 Å². The van der Waals surface area contributed by atoms with Gasteiger partial charge in [0.05, 0.1) is 15.7 Å². The Balaban J connectivity index is 0.00000168. The summed E-state index contributed by atoms with van der Waals surface area (Å²) in [6, 6.07) is 12.6. The Hall–Kier alpha value is -1.95. The molecular weight excluding hydrogens is 366 g/mol. The number of anilines is 1. The van der Waals surface area contributed by atoms with Gasteiger partial charge >= 0.3 is 0 Å². The Morgan fingerprint density at radius 2 is 2.12 bits per heavy atom. The highest BCUT2D eigenvalue weighted by atomic mass is 35.5. The van der Waals surface area contributed by atoms with E-state index in [4.69, 9.17) is 0 Å². The maximum atomic E-state index is 12.6. The first-order valence-corrected chi connectivity index (χ1v) is 9.67. The smallest absolute Gasteiger partial charge is 0.255 e. The van der Waals surface area contributed by atoms with E-state index in [9.17, 15) is 4.79 Å². The van der Waals surface area contributed by atoms with E-state index in [2.05, 4.69) is 27.3 Å². The third-order valence-corrected chi connectivity index (χ3v) is 6.20. The van der Waals surface area contributed by atoms with Gasteiger partial charge in [-0.1, -0.05) is 6.07 Å². The predicted molar refractivity (Wildman–Crippen MR) is 109 cm³/mol. The molecule has 1 saturated heterocycles. The lowest BCUT2D eigenvalue weighted by atomic mass is 9.92. The summed E-state index contributed by atoms with van der Waals surface area (Å²) >= 11 is 1.59. The van der Waals surface area contributed by atoms with Gasteiger partial charge < -0.3 is 5.32 Å². The molecule has 6 heteroatoms. The van der Waals surface area contributed by atoms with Crippen LogP contribution in [-0.4, -0.2) is 28.9 Å². The van der Waals surface area contributed by atoms with Crippen LogP contribution in [-0.2, 0) is 6.42 Å². The van der Waals surface area contributed by atoms with Gasteiger partial charge in [-0.2, -0.15) is 0 Å². The molecule has 5 rings (SSSR count). The molecule has 2 aliphatic heterocycles. The van der Waals surface area contributed by atoms with Gasteiger partial charge in [0.15, 0.2) is 0 Å². The fourth-order valence-electron chi connectivity index (χ4n) is 4.12. The van der Waals surface area contributed by atoms with Crippen molar-refractivity contribution in [1.82, 2.24) is 9.88 Å². The van der Waals surface area contributed by atoms with Crippen LogP contribution in [0.15, 0.2) is 41.9 Å². The third kappa shape index (κ3) is 3.00. The van der Waals surface area contributed by atoms with Gasteiger partial charge in [-0.25, -0.2) is 4.98 Å². The molecule has 0 aliphatic carbocycles. The molecule has 3 aromatic rings. The average molecular weight is 386 g/mol. The monoisotopic (exact) mass is 385 g/mol. The van der Waals surface area contributed by atoms with E-state index in [-0.39, 0.29) is 18.3 Å². The third-order valence-electron chi connectivity index (χ3n) is 5.39. The summed E-state index contributed by atoms with van der Waals surface area (Å²) in [5.41, 5.74) is 7.06. The molecule has 2 aromatic carbocycles. The molecule has 1 unspecified atom stereocenters. The molecule has 4 nitrogen and oxygen atoms in total. The Morgan fingerprint density at radius 3 is 3.04 bits per heavy atom. The summed E-state index contributed by atoms with van der Waals surface area (Å²) in [6.45, 7) is 2.37. The quantitative estimate of drug-likeness (QED) is 0.697. The Labute approximate surface area is 162 Å². The number of halogens is 1. The predicted octanol–water partition coefficient (Wildman–Crippen LogP) is 4.66. The maximum absolute atomic E-state index is 12.6. The number of fused-ring (bicyclic) bond motifs is 4. The van der Waals surface area contributed by atoms with Crippen LogP contribution in [0.4, 0.5) is 5.69 Å². The molecular formula is C20H20ClN3OS. The van der Waals surface area contributed by atoms with Crippen molar-refractivity contribution in [2.45, 2.75) is 25.3 Å². The van der Waals surface area contributed by atoms with Crippen molar-refractivity contribution >= 4 is 45.6 Å². The molecule has 134 valence electrons. The Morgan fingerprint density at radius 1 is 1.19 bits per heavy atom. The van der Waals surface area contributed by atoms with Crippen LogP contribution in [0, 0.1) is 0 Å². The molecule has 0 saturated carbocycles. The lowest BCUT2D eigenvalue weighted by Gasteiger charge is -2.32. The minimum Gasteiger partial charge on any atom is -0.322 e. The van der Waals surface area contributed by atoms with Gasteiger partial charge in [0.1, 0.15) is 0 Å². The summed E-state index contributed by atoms with van der Waals surface area (Å²) in [5, 5.41) is 3.06. The fourth-order valence-corrected chi connectivity index (χ4v) is 4.78. The van der Waals surface area contributed by atoms with Crippen molar-refractivity contribution in [3.05, 3.63) is 58.6 Å². The lowest BCUT2D eigenvalue weighted by Crippen LogP contribution is -2.31. The number of rotatable bonds is 2. The number of carbonyl (C=O) groups is 1. The summed E-state index contributed by atoms with van der Waals surface area (Å²) in [5.74, 6) is -0.0751. The van der Waals surface area contributed by atoms with E-state index < -0.39 is 0 Å². The molecule has 0 radical (unpaired) electrons. The number of thiazole rings is 1. The summed E-state index contributed by atoms with van der Waals surface area (Å²) in [7, 11) is 0. The Bertz CT molecular complexity index is 971. The highest BCUT2D eigenvalue weighted by molar-refractivity contribution is 7.16. The second kappa shape index (κ2) is 6.99. The molecule has 1 aromatic heterocycles. The number of carbonyl (C=O) groups excluding carboxylic acids is 1. The highest BCUT2D eigenvalue weighted by Crippen LogP contribution is 2.38. The van der Waals surface area contributed by atoms with Crippen LogP contribution in [0.3, 0.4) is 0 Å². The standard InChI is InChI=1S/C20H19N3OS.ClH/c24-20(14-4-6-19-17(10-14)21-12-25-19)22-15-5-3-13-7-9-23-8-1-2-18(23)16(13)11-15;/h3-6,10-12,18H,1-2,7-9H2,(H,22,24);1H. The van der Waals surface area contributed by atoms with E-state index >= 15 is 0 Å². The van der Waals surface area contributed by atoms with Crippen LogP contribution in [0.2, 0.25) is 0 Å². The van der Waals surface area contributed by atoms with Crippen molar-refractivity contribution < 1.29 is 4.79 Å².